The summed E-state index contributed by atoms with van der Waals surface area (Å²) >= 11 is 0. The number of halogens is 1. The molecule has 5 rings (SSSR count). The molecule has 0 unspecified atom stereocenters. The van der Waals surface area contributed by atoms with Crippen LogP contribution in [0, 0.1) is 19.7 Å². The van der Waals surface area contributed by atoms with Gasteiger partial charge in [0.1, 0.15) is 43.0 Å². The molecule has 4 heterocycles. The molecule has 32 heavy (non-hydrogen) atoms. The van der Waals surface area contributed by atoms with E-state index in [1.165, 1.54) is 19.0 Å². The standard InChI is InChI=1S/C21H20FN7O3/c1-12-5-15-16(27-12)3-4-17(19(15)22)32-21-20-13(2)18(7-29(20)26-9-23-21)31-8-14(30)6-28-10-24-25-11-28/h3-5,7,9-11,14,27,30H,6,8H2,1-2H3/t14-/m0/s1. The minimum atomic E-state index is -0.763. The average Bonchev–Trinajstić information content (AvgIpc) is 3.48. The second-order valence-electron chi connectivity index (χ2n) is 7.49. The zero-order valence-corrected chi connectivity index (χ0v) is 17.4. The summed E-state index contributed by atoms with van der Waals surface area (Å²) in [5.41, 5.74) is 2.80. The molecule has 0 saturated heterocycles. The number of aromatic amines is 1. The molecule has 0 amide bonds. The summed E-state index contributed by atoms with van der Waals surface area (Å²) in [5.74, 6) is 0.296. The van der Waals surface area contributed by atoms with Crippen molar-refractivity contribution >= 4 is 16.4 Å². The van der Waals surface area contributed by atoms with Gasteiger partial charge < -0.3 is 24.1 Å². The Labute approximate surface area is 181 Å². The SMILES string of the molecule is Cc1cc2c(F)c(Oc3ncnn4cc(OC[C@@H](O)Cn5cnnc5)c(C)c34)ccc2[nH]1. The Bertz CT molecular complexity index is 1390. The molecule has 0 aliphatic heterocycles. The fraction of sp³-hybridized carbons (Fsp3) is 0.238. The van der Waals surface area contributed by atoms with Gasteiger partial charge in [-0.1, -0.05) is 0 Å². The van der Waals surface area contributed by atoms with E-state index in [4.69, 9.17) is 9.47 Å². The molecule has 4 aromatic heterocycles. The van der Waals surface area contributed by atoms with Crippen LogP contribution in [0.3, 0.4) is 0 Å². The van der Waals surface area contributed by atoms with Gasteiger partial charge in [-0.05, 0) is 32.0 Å². The zero-order valence-electron chi connectivity index (χ0n) is 17.4. The van der Waals surface area contributed by atoms with E-state index in [0.29, 0.717) is 34.3 Å². The number of nitrogens with one attached hydrogen (secondary N) is 1. The highest BCUT2D eigenvalue weighted by Crippen LogP contribution is 2.34. The summed E-state index contributed by atoms with van der Waals surface area (Å²) in [6.07, 6.45) is 5.26. The molecule has 5 aromatic rings. The number of hydrogen-bond acceptors (Lipinski definition) is 7. The lowest BCUT2D eigenvalue weighted by atomic mass is 10.2. The number of fused-ring (bicyclic) bond motifs is 2. The van der Waals surface area contributed by atoms with E-state index < -0.39 is 11.9 Å². The smallest absolute Gasteiger partial charge is 0.247 e. The van der Waals surface area contributed by atoms with Crippen molar-refractivity contribution in [1.82, 2.24) is 34.3 Å². The second kappa shape index (κ2) is 7.93. The van der Waals surface area contributed by atoms with Crippen molar-refractivity contribution in [3.8, 4) is 17.4 Å². The third-order valence-electron chi connectivity index (χ3n) is 5.11. The fourth-order valence-electron chi connectivity index (χ4n) is 3.60. The molecule has 1 atom stereocenters. The topological polar surface area (TPSA) is 115 Å². The lowest BCUT2D eigenvalue weighted by Gasteiger charge is -2.12. The Morgan fingerprint density at radius 1 is 1.19 bits per heavy atom. The van der Waals surface area contributed by atoms with Crippen molar-refractivity contribution in [3.05, 3.63) is 60.5 Å². The van der Waals surface area contributed by atoms with Crippen LogP contribution in [-0.2, 0) is 6.54 Å². The van der Waals surface area contributed by atoms with E-state index >= 15 is 0 Å². The first-order valence-corrected chi connectivity index (χ1v) is 9.91. The van der Waals surface area contributed by atoms with Gasteiger partial charge in [-0.2, -0.15) is 10.1 Å². The monoisotopic (exact) mass is 437 g/mol. The highest BCUT2D eigenvalue weighted by atomic mass is 19.1. The molecule has 0 spiro atoms. The van der Waals surface area contributed by atoms with Crippen LogP contribution >= 0.6 is 0 Å². The number of aromatic nitrogens is 7. The summed E-state index contributed by atoms with van der Waals surface area (Å²) in [6.45, 7) is 4.04. The highest BCUT2D eigenvalue weighted by Gasteiger charge is 2.19. The van der Waals surface area contributed by atoms with Gasteiger partial charge >= 0.3 is 0 Å². The number of hydrogen-bond donors (Lipinski definition) is 2. The van der Waals surface area contributed by atoms with Crippen LogP contribution in [0.2, 0.25) is 0 Å². The average molecular weight is 437 g/mol. The first kappa shape index (κ1) is 19.9. The molecule has 0 bridgehead atoms. The second-order valence-corrected chi connectivity index (χ2v) is 7.49. The summed E-state index contributed by atoms with van der Waals surface area (Å²) < 4.78 is 29.8. The summed E-state index contributed by atoms with van der Waals surface area (Å²) in [6, 6.07) is 5.05. The summed E-state index contributed by atoms with van der Waals surface area (Å²) in [5, 5.41) is 22.3. The van der Waals surface area contributed by atoms with Crippen molar-refractivity contribution in [2.45, 2.75) is 26.5 Å². The van der Waals surface area contributed by atoms with Gasteiger partial charge in [0, 0.05) is 22.2 Å². The minimum Gasteiger partial charge on any atom is -0.489 e. The minimum absolute atomic E-state index is 0.0532. The van der Waals surface area contributed by atoms with Gasteiger partial charge in [0.05, 0.1) is 12.7 Å². The third kappa shape index (κ3) is 3.62. The predicted octanol–water partition coefficient (Wildman–Crippen LogP) is 2.79. The fourth-order valence-corrected chi connectivity index (χ4v) is 3.60. The lowest BCUT2D eigenvalue weighted by Crippen LogP contribution is -2.23. The van der Waals surface area contributed by atoms with Crippen molar-refractivity contribution in [3.63, 3.8) is 0 Å². The Kier molecular flexibility index (Phi) is 4.94. The van der Waals surface area contributed by atoms with Gasteiger partial charge in [0.2, 0.25) is 5.88 Å². The maximum absolute atomic E-state index is 15.0. The maximum atomic E-state index is 15.0. The molecular formula is C21H20FN7O3. The van der Waals surface area contributed by atoms with Crippen LogP contribution < -0.4 is 9.47 Å². The lowest BCUT2D eigenvalue weighted by molar-refractivity contribution is 0.0921. The van der Waals surface area contributed by atoms with E-state index in [1.54, 1.807) is 33.5 Å². The maximum Gasteiger partial charge on any atom is 0.247 e. The molecule has 10 nitrogen and oxygen atoms in total. The Hall–Kier alpha value is -3.99. The van der Waals surface area contributed by atoms with E-state index in [1.807, 2.05) is 13.8 Å². The predicted molar refractivity (Wildman–Crippen MR) is 112 cm³/mol. The summed E-state index contributed by atoms with van der Waals surface area (Å²) in [4.78, 5) is 7.30. The number of aliphatic hydroxyl groups excluding tert-OH is 1. The molecule has 0 fully saturated rings. The molecule has 11 heteroatoms. The van der Waals surface area contributed by atoms with Gasteiger partial charge in [-0.25, -0.2) is 8.91 Å². The molecular weight excluding hydrogens is 417 g/mol. The Morgan fingerprint density at radius 2 is 2.00 bits per heavy atom. The van der Waals surface area contributed by atoms with Crippen LogP contribution in [0.4, 0.5) is 4.39 Å². The quantitative estimate of drug-likeness (QED) is 0.402. The molecule has 0 radical (unpaired) electrons. The van der Waals surface area contributed by atoms with Crippen LogP contribution in [0.25, 0.3) is 16.4 Å². The van der Waals surface area contributed by atoms with E-state index in [-0.39, 0.29) is 18.2 Å². The Morgan fingerprint density at radius 3 is 2.81 bits per heavy atom. The van der Waals surface area contributed by atoms with Crippen molar-refractivity contribution < 1.29 is 19.0 Å². The molecule has 164 valence electrons. The molecule has 1 aromatic carbocycles. The first-order chi connectivity index (χ1) is 15.5. The normalized spacial score (nSPS) is 12.5. The number of nitrogens with zero attached hydrogens (tertiary/aromatic N) is 6. The van der Waals surface area contributed by atoms with Crippen molar-refractivity contribution in [2.75, 3.05) is 6.61 Å². The van der Waals surface area contributed by atoms with Crippen LogP contribution in [0.15, 0.2) is 43.4 Å². The van der Waals surface area contributed by atoms with Gasteiger partial charge in [0.25, 0.3) is 0 Å². The van der Waals surface area contributed by atoms with Gasteiger partial charge in [-0.3, -0.25) is 0 Å². The molecule has 2 N–H and O–H groups in total. The number of rotatable bonds is 7. The molecule has 0 saturated carbocycles. The number of aliphatic hydroxyl groups is 1. The first-order valence-electron chi connectivity index (χ1n) is 9.91. The number of benzene rings is 1. The van der Waals surface area contributed by atoms with E-state index in [0.717, 1.165) is 5.69 Å². The number of H-pyrrole nitrogens is 1. The molecule has 0 aliphatic rings. The molecule has 0 aliphatic carbocycles. The highest BCUT2D eigenvalue weighted by molar-refractivity contribution is 5.83. The van der Waals surface area contributed by atoms with Crippen molar-refractivity contribution in [1.29, 1.82) is 0 Å². The van der Waals surface area contributed by atoms with Crippen LogP contribution in [0.1, 0.15) is 11.3 Å². The number of ether oxygens (including phenoxy) is 2. The third-order valence-corrected chi connectivity index (χ3v) is 5.11. The van der Waals surface area contributed by atoms with Crippen LogP contribution in [-0.4, -0.2) is 52.2 Å². The summed E-state index contributed by atoms with van der Waals surface area (Å²) in [7, 11) is 0. The van der Waals surface area contributed by atoms with E-state index in [2.05, 4.69) is 25.3 Å². The van der Waals surface area contributed by atoms with Crippen LogP contribution in [0.5, 0.6) is 17.4 Å². The van der Waals surface area contributed by atoms with E-state index in [9.17, 15) is 9.50 Å². The zero-order chi connectivity index (χ0) is 22.2. The van der Waals surface area contributed by atoms with Gasteiger partial charge in [-0.15, -0.1) is 10.2 Å². The number of aryl methyl sites for hydroxylation is 2. The van der Waals surface area contributed by atoms with Gasteiger partial charge in [0.15, 0.2) is 11.6 Å². The van der Waals surface area contributed by atoms with Crippen molar-refractivity contribution in [2.24, 2.45) is 0 Å². The largest absolute Gasteiger partial charge is 0.489 e. The Balaban J connectivity index is 1.40.